The molecule has 1 N–H and O–H groups in total. The molecule has 3 fully saturated rings. The van der Waals surface area contributed by atoms with Crippen LogP contribution in [0.1, 0.15) is 86.9 Å². The van der Waals surface area contributed by atoms with Crippen LogP contribution in [0.5, 0.6) is 0 Å². The van der Waals surface area contributed by atoms with E-state index < -0.39 is 5.67 Å². The summed E-state index contributed by atoms with van der Waals surface area (Å²) in [6, 6.07) is 1.59. The Morgan fingerprint density at radius 1 is 1.26 bits per heavy atom. The monoisotopic (exact) mass is 377 g/mol. The zero-order chi connectivity index (χ0) is 19.0. The molecule has 2 atom stereocenters. The van der Waals surface area contributed by atoms with Gasteiger partial charge in [-0.1, -0.05) is 11.6 Å². The van der Waals surface area contributed by atoms with E-state index in [1.807, 2.05) is 6.92 Å². The first kappa shape index (κ1) is 18.4. The van der Waals surface area contributed by atoms with Crippen molar-refractivity contribution < 1.29 is 18.5 Å². The van der Waals surface area contributed by atoms with Crippen molar-refractivity contribution in [1.82, 2.24) is 15.4 Å². The fourth-order valence-corrected chi connectivity index (χ4v) is 4.40. The van der Waals surface area contributed by atoms with E-state index >= 15 is 4.39 Å². The van der Waals surface area contributed by atoms with E-state index in [2.05, 4.69) is 10.5 Å². The van der Waals surface area contributed by atoms with Crippen molar-refractivity contribution >= 4 is 11.8 Å². The van der Waals surface area contributed by atoms with Crippen LogP contribution in [0.25, 0.3) is 0 Å². The van der Waals surface area contributed by atoms with E-state index in [-0.39, 0.29) is 23.9 Å². The third-order valence-corrected chi connectivity index (χ3v) is 6.24. The van der Waals surface area contributed by atoms with Gasteiger partial charge in [-0.3, -0.25) is 9.59 Å². The summed E-state index contributed by atoms with van der Waals surface area (Å²) in [6.45, 7) is 2.41. The SMILES string of the molecule is C[C@H]1CC(NC(=O)c2cc(C3CC3)on2)CCN1C(=O)C1(F)CCCCC1. The van der Waals surface area contributed by atoms with Crippen molar-refractivity contribution in [3.8, 4) is 0 Å². The maximum atomic E-state index is 15.0. The van der Waals surface area contributed by atoms with Crippen LogP contribution in [0.2, 0.25) is 0 Å². The summed E-state index contributed by atoms with van der Waals surface area (Å²) in [4.78, 5) is 26.8. The standard InChI is InChI=1S/C20H28FN3O3/c1-13-11-15(22-18(25)16-12-17(27-23-16)14-5-6-14)7-10-24(13)19(26)20(21)8-3-2-4-9-20/h12-15H,2-11H2,1H3,(H,22,25)/t13-,15?/m0/s1. The molecule has 6 nitrogen and oxygen atoms in total. The van der Waals surface area contributed by atoms with Crippen LogP contribution in [-0.2, 0) is 4.79 Å². The molecule has 1 saturated heterocycles. The predicted octanol–water partition coefficient (Wildman–Crippen LogP) is 3.33. The molecular weight excluding hydrogens is 349 g/mol. The molecule has 0 bridgehead atoms. The molecule has 27 heavy (non-hydrogen) atoms. The summed E-state index contributed by atoms with van der Waals surface area (Å²) in [7, 11) is 0. The van der Waals surface area contributed by atoms with E-state index in [0.717, 1.165) is 37.9 Å². The first-order chi connectivity index (χ1) is 13.0. The molecule has 148 valence electrons. The highest BCUT2D eigenvalue weighted by Gasteiger charge is 2.44. The number of hydrogen-bond acceptors (Lipinski definition) is 4. The molecule has 0 spiro atoms. The van der Waals surface area contributed by atoms with Crippen LogP contribution in [0, 0.1) is 0 Å². The third kappa shape index (κ3) is 3.87. The Bertz CT molecular complexity index is 709. The van der Waals surface area contributed by atoms with Crippen molar-refractivity contribution in [1.29, 1.82) is 0 Å². The van der Waals surface area contributed by atoms with E-state index in [1.54, 1.807) is 11.0 Å². The van der Waals surface area contributed by atoms with Gasteiger partial charge in [-0.2, -0.15) is 0 Å². The molecule has 2 heterocycles. The summed E-state index contributed by atoms with van der Waals surface area (Å²) < 4.78 is 20.3. The molecule has 1 aromatic rings. The lowest BCUT2D eigenvalue weighted by molar-refractivity contribution is -0.150. The Balaban J connectivity index is 1.32. The van der Waals surface area contributed by atoms with E-state index in [9.17, 15) is 9.59 Å². The maximum Gasteiger partial charge on any atom is 0.273 e. The minimum atomic E-state index is -1.69. The van der Waals surface area contributed by atoms with Gasteiger partial charge in [-0.05, 0) is 58.3 Å². The van der Waals surface area contributed by atoms with Gasteiger partial charge in [0.05, 0.1) is 0 Å². The Labute approximate surface area is 158 Å². The van der Waals surface area contributed by atoms with Gasteiger partial charge in [0.2, 0.25) is 0 Å². The Morgan fingerprint density at radius 3 is 2.67 bits per heavy atom. The summed E-state index contributed by atoms with van der Waals surface area (Å²) in [5, 5.41) is 6.87. The molecule has 0 radical (unpaired) electrons. The fourth-order valence-electron chi connectivity index (χ4n) is 4.40. The number of amides is 2. The number of likely N-dealkylation sites (tertiary alicyclic amines) is 1. The van der Waals surface area contributed by atoms with Gasteiger partial charge < -0.3 is 14.7 Å². The van der Waals surface area contributed by atoms with Crippen molar-refractivity contribution in [2.24, 2.45) is 0 Å². The first-order valence-electron chi connectivity index (χ1n) is 10.2. The molecule has 2 amide bonds. The van der Waals surface area contributed by atoms with E-state index in [4.69, 9.17) is 4.52 Å². The Kier molecular flexibility index (Phi) is 4.95. The number of carbonyl (C=O) groups excluding carboxylic acids is 2. The fraction of sp³-hybridized carbons (Fsp3) is 0.750. The van der Waals surface area contributed by atoms with Crippen molar-refractivity contribution in [2.75, 3.05) is 6.54 Å². The zero-order valence-electron chi connectivity index (χ0n) is 15.9. The van der Waals surface area contributed by atoms with Crippen molar-refractivity contribution in [3.05, 3.63) is 17.5 Å². The Morgan fingerprint density at radius 2 is 2.00 bits per heavy atom. The molecular formula is C20H28FN3O3. The van der Waals surface area contributed by atoms with Crippen molar-refractivity contribution in [2.45, 2.75) is 88.4 Å². The average Bonchev–Trinajstić information content (AvgIpc) is 3.38. The van der Waals surface area contributed by atoms with E-state index in [1.165, 1.54) is 0 Å². The van der Waals surface area contributed by atoms with E-state index in [0.29, 0.717) is 43.8 Å². The van der Waals surface area contributed by atoms with Gasteiger partial charge in [-0.15, -0.1) is 0 Å². The number of nitrogens with zero attached hydrogens (tertiary/aromatic N) is 2. The number of alkyl halides is 1. The highest BCUT2D eigenvalue weighted by Crippen LogP contribution is 2.40. The van der Waals surface area contributed by atoms with Gasteiger partial charge in [0.1, 0.15) is 5.76 Å². The number of hydrogen-bond donors (Lipinski definition) is 1. The molecule has 2 aliphatic carbocycles. The van der Waals surface area contributed by atoms with Crippen LogP contribution in [0.3, 0.4) is 0 Å². The van der Waals surface area contributed by atoms with Crippen molar-refractivity contribution in [3.63, 3.8) is 0 Å². The predicted molar refractivity (Wildman–Crippen MR) is 97.1 cm³/mol. The number of piperidine rings is 1. The second kappa shape index (κ2) is 7.24. The van der Waals surface area contributed by atoms with Crippen LogP contribution in [0.4, 0.5) is 4.39 Å². The number of aromatic nitrogens is 1. The smallest absolute Gasteiger partial charge is 0.273 e. The normalized spacial score (nSPS) is 28.0. The second-order valence-electron chi connectivity index (χ2n) is 8.46. The topological polar surface area (TPSA) is 75.4 Å². The molecule has 1 unspecified atom stereocenters. The molecule has 1 aliphatic heterocycles. The molecule has 3 aliphatic rings. The second-order valence-corrected chi connectivity index (χ2v) is 8.46. The lowest BCUT2D eigenvalue weighted by Gasteiger charge is -2.42. The Hall–Kier alpha value is -1.92. The number of carbonyl (C=O) groups is 2. The highest BCUT2D eigenvalue weighted by molar-refractivity contribution is 5.92. The summed E-state index contributed by atoms with van der Waals surface area (Å²) in [6.07, 6.45) is 6.69. The number of halogens is 1. The highest BCUT2D eigenvalue weighted by atomic mass is 19.1. The van der Waals surface area contributed by atoms with Gasteiger partial charge in [-0.25, -0.2) is 4.39 Å². The zero-order valence-corrected chi connectivity index (χ0v) is 15.9. The number of nitrogens with one attached hydrogen (secondary N) is 1. The van der Waals surface area contributed by atoms with Gasteiger partial charge >= 0.3 is 0 Å². The van der Waals surface area contributed by atoms with Crippen LogP contribution < -0.4 is 5.32 Å². The van der Waals surface area contributed by atoms with Gasteiger partial charge in [0.25, 0.3) is 11.8 Å². The summed E-state index contributed by atoms with van der Waals surface area (Å²) >= 11 is 0. The van der Waals surface area contributed by atoms with Crippen LogP contribution in [-0.4, -0.2) is 46.2 Å². The lowest BCUT2D eigenvalue weighted by atomic mass is 9.84. The minimum absolute atomic E-state index is 0.0421. The molecule has 2 saturated carbocycles. The third-order valence-electron chi connectivity index (χ3n) is 6.24. The van der Waals surface area contributed by atoms with Crippen LogP contribution in [0.15, 0.2) is 10.6 Å². The van der Waals surface area contributed by atoms with Gasteiger partial charge in [0.15, 0.2) is 11.4 Å². The summed E-state index contributed by atoms with van der Waals surface area (Å²) in [5.74, 6) is 0.609. The first-order valence-corrected chi connectivity index (χ1v) is 10.2. The summed E-state index contributed by atoms with van der Waals surface area (Å²) in [5.41, 5.74) is -1.38. The number of rotatable bonds is 4. The quantitative estimate of drug-likeness (QED) is 0.873. The molecule has 1 aromatic heterocycles. The van der Waals surface area contributed by atoms with Crippen LogP contribution >= 0.6 is 0 Å². The molecule has 7 heteroatoms. The minimum Gasteiger partial charge on any atom is -0.360 e. The molecule has 0 aromatic carbocycles. The average molecular weight is 377 g/mol. The largest absolute Gasteiger partial charge is 0.360 e. The maximum absolute atomic E-state index is 15.0. The lowest BCUT2D eigenvalue weighted by Crippen LogP contribution is -2.56. The molecule has 4 rings (SSSR count). The van der Waals surface area contributed by atoms with Gasteiger partial charge in [0, 0.05) is 30.6 Å².